The molecule has 0 aliphatic carbocycles. The minimum Gasteiger partial charge on any atom is -0.353 e. The Hall–Kier alpha value is -0.450. The Bertz CT molecular complexity index is 238. The smallest absolute Gasteiger partial charge is 0.158 e. The molecule has 2 fully saturated rings. The van der Waals surface area contributed by atoms with Gasteiger partial charge in [-0.1, -0.05) is 6.92 Å². The monoisotopic (exact) mass is 227 g/mol. The molecule has 0 aromatic heterocycles. The van der Waals surface area contributed by atoms with E-state index in [2.05, 4.69) is 4.90 Å². The highest BCUT2D eigenvalue weighted by molar-refractivity contribution is 5.81. The topological polar surface area (TPSA) is 38.8 Å². The minimum absolute atomic E-state index is 0.0262. The number of ether oxygens (including phenoxy) is 2. The Morgan fingerprint density at radius 1 is 1.38 bits per heavy atom. The number of rotatable bonds is 3. The third-order valence-electron chi connectivity index (χ3n) is 3.33. The molecule has 2 rings (SSSR count). The maximum Gasteiger partial charge on any atom is 0.158 e. The van der Waals surface area contributed by atoms with Gasteiger partial charge in [0.05, 0.1) is 13.2 Å². The van der Waals surface area contributed by atoms with Gasteiger partial charge in [0.25, 0.3) is 0 Å². The normalized spacial score (nSPS) is 29.6. The second-order valence-corrected chi connectivity index (χ2v) is 4.73. The molecule has 0 aromatic rings. The van der Waals surface area contributed by atoms with Crippen LogP contribution >= 0.6 is 0 Å². The van der Waals surface area contributed by atoms with Crippen molar-refractivity contribution in [3.63, 3.8) is 0 Å². The SMILES string of the molecule is CC1CN(CCC2OCCCO2)CCC1=O. The molecule has 4 heteroatoms. The predicted octanol–water partition coefficient (Wildman–Crippen LogP) is 1.05. The van der Waals surface area contributed by atoms with E-state index >= 15 is 0 Å². The lowest BCUT2D eigenvalue weighted by Gasteiger charge is -2.31. The van der Waals surface area contributed by atoms with Gasteiger partial charge >= 0.3 is 0 Å². The van der Waals surface area contributed by atoms with Crippen LogP contribution in [0, 0.1) is 5.92 Å². The van der Waals surface area contributed by atoms with Gasteiger partial charge in [0.2, 0.25) is 0 Å². The molecule has 0 saturated carbocycles. The van der Waals surface area contributed by atoms with Crippen LogP contribution in [-0.2, 0) is 14.3 Å². The van der Waals surface area contributed by atoms with Crippen LogP contribution in [0.2, 0.25) is 0 Å². The van der Waals surface area contributed by atoms with Gasteiger partial charge in [0.15, 0.2) is 6.29 Å². The fourth-order valence-corrected chi connectivity index (χ4v) is 2.29. The highest BCUT2D eigenvalue weighted by Crippen LogP contribution is 2.15. The van der Waals surface area contributed by atoms with E-state index < -0.39 is 0 Å². The van der Waals surface area contributed by atoms with Crippen LogP contribution < -0.4 is 0 Å². The highest BCUT2D eigenvalue weighted by atomic mass is 16.7. The lowest BCUT2D eigenvalue weighted by atomic mass is 9.98. The van der Waals surface area contributed by atoms with Crippen LogP contribution in [0.4, 0.5) is 0 Å². The fraction of sp³-hybridized carbons (Fsp3) is 0.917. The zero-order valence-corrected chi connectivity index (χ0v) is 9.98. The van der Waals surface area contributed by atoms with E-state index in [0.717, 1.165) is 45.7 Å². The van der Waals surface area contributed by atoms with Crippen LogP contribution in [0.25, 0.3) is 0 Å². The van der Waals surface area contributed by atoms with Gasteiger partial charge in [0.1, 0.15) is 5.78 Å². The summed E-state index contributed by atoms with van der Waals surface area (Å²) in [4.78, 5) is 13.7. The first-order valence-electron chi connectivity index (χ1n) is 6.24. The van der Waals surface area contributed by atoms with Gasteiger partial charge in [-0.3, -0.25) is 4.79 Å². The van der Waals surface area contributed by atoms with Gasteiger partial charge in [-0.25, -0.2) is 0 Å². The van der Waals surface area contributed by atoms with Crippen LogP contribution in [0.3, 0.4) is 0 Å². The number of ketones is 1. The summed E-state index contributed by atoms with van der Waals surface area (Å²) in [6, 6.07) is 0. The van der Waals surface area contributed by atoms with E-state index in [1.54, 1.807) is 0 Å². The predicted molar refractivity (Wildman–Crippen MR) is 60.2 cm³/mol. The summed E-state index contributed by atoms with van der Waals surface area (Å²) in [5.74, 6) is 0.600. The minimum atomic E-state index is -0.0262. The van der Waals surface area contributed by atoms with E-state index in [9.17, 15) is 4.79 Å². The lowest BCUT2D eigenvalue weighted by Crippen LogP contribution is -2.41. The van der Waals surface area contributed by atoms with E-state index in [-0.39, 0.29) is 12.2 Å². The number of piperidine rings is 1. The molecule has 1 unspecified atom stereocenters. The number of hydrogen-bond acceptors (Lipinski definition) is 4. The third kappa shape index (κ3) is 3.27. The summed E-state index contributed by atoms with van der Waals surface area (Å²) in [5, 5.41) is 0. The number of nitrogens with zero attached hydrogens (tertiary/aromatic N) is 1. The third-order valence-corrected chi connectivity index (χ3v) is 3.33. The summed E-state index contributed by atoms with van der Waals surface area (Å²) in [5.41, 5.74) is 0. The molecule has 2 aliphatic rings. The largest absolute Gasteiger partial charge is 0.353 e. The van der Waals surface area contributed by atoms with Gasteiger partial charge < -0.3 is 14.4 Å². The summed E-state index contributed by atoms with van der Waals surface area (Å²) in [6.45, 7) is 6.42. The highest BCUT2D eigenvalue weighted by Gasteiger charge is 2.24. The molecule has 0 bridgehead atoms. The summed E-state index contributed by atoms with van der Waals surface area (Å²) in [7, 11) is 0. The maximum absolute atomic E-state index is 11.4. The van der Waals surface area contributed by atoms with Gasteiger partial charge in [-0.05, 0) is 6.42 Å². The molecule has 0 aromatic carbocycles. The van der Waals surface area contributed by atoms with Crippen molar-refractivity contribution in [2.24, 2.45) is 5.92 Å². The average Bonchev–Trinajstić information content (AvgIpc) is 2.32. The first kappa shape index (κ1) is 12.0. The molecule has 4 nitrogen and oxygen atoms in total. The van der Waals surface area contributed by atoms with Crippen LogP contribution in [0.1, 0.15) is 26.2 Å². The second kappa shape index (κ2) is 5.75. The van der Waals surface area contributed by atoms with E-state index in [1.807, 2.05) is 6.92 Å². The van der Waals surface area contributed by atoms with Crippen molar-refractivity contribution in [2.75, 3.05) is 32.8 Å². The summed E-state index contributed by atoms with van der Waals surface area (Å²) < 4.78 is 11.0. The van der Waals surface area contributed by atoms with E-state index in [1.165, 1.54) is 0 Å². The van der Waals surface area contributed by atoms with E-state index in [0.29, 0.717) is 12.2 Å². The zero-order valence-electron chi connectivity index (χ0n) is 9.98. The number of hydrogen-bond donors (Lipinski definition) is 0. The van der Waals surface area contributed by atoms with Crippen LogP contribution in [0.5, 0.6) is 0 Å². The molecule has 0 spiro atoms. The molecule has 0 amide bonds. The van der Waals surface area contributed by atoms with Crippen molar-refractivity contribution in [3.05, 3.63) is 0 Å². The number of likely N-dealkylation sites (tertiary alicyclic amines) is 1. The molecule has 16 heavy (non-hydrogen) atoms. The Labute approximate surface area is 96.9 Å². The fourth-order valence-electron chi connectivity index (χ4n) is 2.29. The van der Waals surface area contributed by atoms with Crippen molar-refractivity contribution in [2.45, 2.75) is 32.5 Å². The molecular weight excluding hydrogens is 206 g/mol. The molecule has 2 saturated heterocycles. The molecular formula is C12H21NO3. The number of carbonyl (C=O) groups is 1. The van der Waals surface area contributed by atoms with Crippen molar-refractivity contribution < 1.29 is 14.3 Å². The van der Waals surface area contributed by atoms with Gasteiger partial charge in [0, 0.05) is 38.4 Å². The van der Waals surface area contributed by atoms with Crippen molar-refractivity contribution in [1.29, 1.82) is 0 Å². The Morgan fingerprint density at radius 3 is 2.81 bits per heavy atom. The molecule has 0 N–H and O–H groups in total. The molecule has 1 atom stereocenters. The number of Topliss-reactive ketones (excluding diaryl/α,β-unsaturated/α-hetero) is 1. The molecule has 0 radical (unpaired) electrons. The Kier molecular flexibility index (Phi) is 4.32. The maximum atomic E-state index is 11.4. The van der Waals surface area contributed by atoms with Crippen LogP contribution in [-0.4, -0.2) is 49.8 Å². The molecule has 92 valence electrons. The summed E-state index contributed by atoms with van der Waals surface area (Å²) >= 11 is 0. The van der Waals surface area contributed by atoms with Gasteiger partial charge in [-0.15, -0.1) is 0 Å². The Balaban J connectivity index is 1.67. The van der Waals surface area contributed by atoms with E-state index in [4.69, 9.17) is 9.47 Å². The van der Waals surface area contributed by atoms with Crippen LogP contribution in [0.15, 0.2) is 0 Å². The van der Waals surface area contributed by atoms with Gasteiger partial charge in [-0.2, -0.15) is 0 Å². The second-order valence-electron chi connectivity index (χ2n) is 4.73. The average molecular weight is 227 g/mol. The quantitative estimate of drug-likeness (QED) is 0.722. The first-order valence-corrected chi connectivity index (χ1v) is 6.24. The Morgan fingerprint density at radius 2 is 2.12 bits per heavy atom. The first-order chi connectivity index (χ1) is 7.75. The van der Waals surface area contributed by atoms with Crippen molar-refractivity contribution in [1.82, 2.24) is 4.90 Å². The van der Waals surface area contributed by atoms with Crippen molar-refractivity contribution >= 4 is 5.78 Å². The standard InChI is InChI=1S/C12H21NO3/c1-10-9-13(5-3-11(10)14)6-4-12-15-7-2-8-16-12/h10,12H,2-9H2,1H3. The summed E-state index contributed by atoms with van der Waals surface area (Å²) in [6.07, 6.45) is 2.60. The zero-order chi connectivity index (χ0) is 11.4. The van der Waals surface area contributed by atoms with Crippen molar-refractivity contribution in [3.8, 4) is 0 Å². The lowest BCUT2D eigenvalue weighted by molar-refractivity contribution is -0.183. The number of carbonyl (C=O) groups excluding carboxylic acids is 1. The molecule has 2 aliphatic heterocycles. The molecule has 2 heterocycles.